The van der Waals surface area contributed by atoms with Crippen molar-refractivity contribution in [1.82, 2.24) is 15.2 Å². The number of carbonyl (C=O) groups excluding carboxylic acids is 3. The molecule has 136 valence electrons. The van der Waals surface area contributed by atoms with Crippen molar-refractivity contribution in [3.8, 4) is 0 Å². The summed E-state index contributed by atoms with van der Waals surface area (Å²) < 4.78 is 5.00. The van der Waals surface area contributed by atoms with Crippen LogP contribution in [0, 0.1) is 6.92 Å². The maximum atomic E-state index is 12.6. The number of ketones is 1. The fourth-order valence-electron chi connectivity index (χ4n) is 3.68. The predicted octanol–water partition coefficient (Wildman–Crippen LogP) is 2.19. The molecule has 7 heteroatoms. The van der Waals surface area contributed by atoms with Gasteiger partial charge in [-0.15, -0.1) is 0 Å². The monoisotopic (exact) mass is 347 g/mol. The number of Topliss-reactive ketones (excluding diaryl/α,β-unsaturated/α-hetero) is 1. The van der Waals surface area contributed by atoms with E-state index in [1.54, 1.807) is 11.8 Å². The van der Waals surface area contributed by atoms with E-state index in [1.165, 1.54) is 0 Å². The summed E-state index contributed by atoms with van der Waals surface area (Å²) in [6.45, 7) is 5.13. The maximum Gasteiger partial charge on any atom is 0.409 e. The summed E-state index contributed by atoms with van der Waals surface area (Å²) in [5.74, 6) is -0.0499. The van der Waals surface area contributed by atoms with Crippen LogP contribution in [0.15, 0.2) is 0 Å². The molecule has 0 atom stereocenters. The molecule has 25 heavy (non-hydrogen) atoms. The Morgan fingerprint density at radius 3 is 2.64 bits per heavy atom. The normalized spacial score (nSPS) is 18.0. The van der Waals surface area contributed by atoms with Crippen molar-refractivity contribution >= 4 is 17.8 Å². The molecule has 3 rings (SSSR count). The zero-order valence-corrected chi connectivity index (χ0v) is 14.8. The van der Waals surface area contributed by atoms with Crippen molar-refractivity contribution in [2.45, 2.75) is 52.0 Å². The molecule has 0 saturated carbocycles. The van der Waals surface area contributed by atoms with Crippen molar-refractivity contribution in [3.63, 3.8) is 0 Å². The topological polar surface area (TPSA) is 91.5 Å². The number of aromatic nitrogens is 1. The number of ether oxygens (including phenoxy) is 1. The van der Waals surface area contributed by atoms with Crippen molar-refractivity contribution in [3.05, 3.63) is 22.5 Å². The number of rotatable bonds is 3. The minimum Gasteiger partial charge on any atom is -0.450 e. The Bertz CT molecular complexity index is 687. The smallest absolute Gasteiger partial charge is 0.409 e. The number of hydrogen-bond donors (Lipinski definition) is 2. The van der Waals surface area contributed by atoms with Crippen LogP contribution in [-0.2, 0) is 11.2 Å². The molecule has 0 aromatic carbocycles. The van der Waals surface area contributed by atoms with E-state index in [2.05, 4.69) is 10.3 Å². The van der Waals surface area contributed by atoms with E-state index in [9.17, 15) is 14.4 Å². The van der Waals surface area contributed by atoms with Crippen LogP contribution in [0.4, 0.5) is 4.79 Å². The second-order valence-corrected chi connectivity index (χ2v) is 6.69. The number of hydrogen-bond acceptors (Lipinski definition) is 4. The lowest BCUT2D eigenvalue weighted by Crippen LogP contribution is -2.46. The van der Waals surface area contributed by atoms with Crippen molar-refractivity contribution in [2.75, 3.05) is 19.7 Å². The molecule has 1 aromatic rings. The lowest BCUT2D eigenvalue weighted by molar-refractivity contribution is 0.0856. The van der Waals surface area contributed by atoms with E-state index in [4.69, 9.17) is 4.74 Å². The first-order chi connectivity index (χ1) is 12.0. The predicted molar refractivity (Wildman–Crippen MR) is 91.9 cm³/mol. The Kier molecular flexibility index (Phi) is 5.11. The van der Waals surface area contributed by atoms with Crippen LogP contribution >= 0.6 is 0 Å². The van der Waals surface area contributed by atoms with Crippen LogP contribution < -0.4 is 5.32 Å². The molecule has 0 unspecified atom stereocenters. The van der Waals surface area contributed by atoms with Crippen LogP contribution in [0.1, 0.15) is 64.7 Å². The Labute approximate surface area is 147 Å². The van der Waals surface area contributed by atoms with Gasteiger partial charge in [0.2, 0.25) is 0 Å². The molecule has 2 heterocycles. The summed E-state index contributed by atoms with van der Waals surface area (Å²) in [6.07, 6.45) is 3.30. The zero-order valence-electron chi connectivity index (χ0n) is 14.8. The van der Waals surface area contributed by atoms with Gasteiger partial charge in [-0.3, -0.25) is 9.59 Å². The van der Waals surface area contributed by atoms with Gasteiger partial charge < -0.3 is 19.9 Å². The number of H-pyrrole nitrogens is 1. The van der Waals surface area contributed by atoms with Gasteiger partial charge in [-0.25, -0.2) is 4.79 Å². The number of likely N-dealkylation sites (tertiary alicyclic amines) is 1. The molecule has 0 bridgehead atoms. The molecular formula is C18H25N3O4. The molecule has 1 aliphatic carbocycles. The molecule has 1 saturated heterocycles. The highest BCUT2D eigenvalue weighted by Gasteiger charge is 2.29. The highest BCUT2D eigenvalue weighted by molar-refractivity contribution is 6.04. The summed E-state index contributed by atoms with van der Waals surface area (Å²) in [5.41, 5.74) is 2.83. The molecule has 1 fully saturated rings. The van der Waals surface area contributed by atoms with E-state index in [0.29, 0.717) is 50.2 Å². The lowest BCUT2D eigenvalue weighted by atomic mass is 9.93. The van der Waals surface area contributed by atoms with E-state index < -0.39 is 0 Å². The number of nitrogens with zero attached hydrogens (tertiary/aromatic N) is 1. The maximum absolute atomic E-state index is 12.6. The van der Waals surface area contributed by atoms with E-state index in [0.717, 1.165) is 24.1 Å². The van der Waals surface area contributed by atoms with Gasteiger partial charge in [0.15, 0.2) is 5.78 Å². The third kappa shape index (κ3) is 3.55. The van der Waals surface area contributed by atoms with Crippen LogP contribution in [0.5, 0.6) is 0 Å². The molecule has 0 spiro atoms. The van der Waals surface area contributed by atoms with Gasteiger partial charge in [-0.1, -0.05) is 0 Å². The number of piperidine rings is 1. The summed E-state index contributed by atoms with van der Waals surface area (Å²) in [7, 11) is 0. The van der Waals surface area contributed by atoms with Crippen LogP contribution in [0.2, 0.25) is 0 Å². The number of amides is 2. The Morgan fingerprint density at radius 2 is 2.00 bits per heavy atom. The second kappa shape index (κ2) is 7.29. The zero-order chi connectivity index (χ0) is 18.0. The SMILES string of the molecule is CCOC(=O)N1CCC(NC(=O)c2[nH]c3c(c2C)C(=O)CCC3)CC1. The lowest BCUT2D eigenvalue weighted by Gasteiger charge is -2.31. The summed E-state index contributed by atoms with van der Waals surface area (Å²) in [6, 6.07) is 0.0219. The highest BCUT2D eigenvalue weighted by Crippen LogP contribution is 2.26. The second-order valence-electron chi connectivity index (χ2n) is 6.69. The average molecular weight is 347 g/mol. The molecule has 2 amide bonds. The highest BCUT2D eigenvalue weighted by atomic mass is 16.6. The fourth-order valence-corrected chi connectivity index (χ4v) is 3.68. The van der Waals surface area contributed by atoms with Gasteiger partial charge in [0.1, 0.15) is 5.69 Å². The first kappa shape index (κ1) is 17.5. The Hall–Kier alpha value is -2.31. The summed E-state index contributed by atoms with van der Waals surface area (Å²) >= 11 is 0. The van der Waals surface area contributed by atoms with Gasteiger partial charge in [0.25, 0.3) is 5.91 Å². The van der Waals surface area contributed by atoms with E-state index in [-0.39, 0.29) is 23.8 Å². The van der Waals surface area contributed by atoms with Crippen molar-refractivity contribution in [1.29, 1.82) is 0 Å². The van der Waals surface area contributed by atoms with Gasteiger partial charge in [-0.2, -0.15) is 0 Å². The quantitative estimate of drug-likeness (QED) is 0.877. The molecular weight excluding hydrogens is 322 g/mol. The summed E-state index contributed by atoms with van der Waals surface area (Å²) in [5, 5.41) is 3.03. The molecule has 1 aromatic heterocycles. The van der Waals surface area contributed by atoms with Gasteiger partial charge in [0.05, 0.1) is 6.61 Å². The van der Waals surface area contributed by atoms with E-state index in [1.807, 2.05) is 6.92 Å². The number of aromatic amines is 1. The average Bonchev–Trinajstić information content (AvgIpc) is 2.94. The number of nitrogens with one attached hydrogen (secondary N) is 2. The van der Waals surface area contributed by atoms with E-state index >= 15 is 0 Å². The molecule has 0 radical (unpaired) electrons. The van der Waals surface area contributed by atoms with Gasteiger partial charge in [0, 0.05) is 36.8 Å². The molecule has 2 aliphatic rings. The van der Waals surface area contributed by atoms with Crippen molar-refractivity contribution in [2.24, 2.45) is 0 Å². The van der Waals surface area contributed by atoms with Crippen molar-refractivity contribution < 1.29 is 19.1 Å². The molecule has 1 aliphatic heterocycles. The third-order valence-electron chi connectivity index (χ3n) is 5.02. The summed E-state index contributed by atoms with van der Waals surface area (Å²) in [4.78, 5) is 41.2. The molecule has 7 nitrogen and oxygen atoms in total. The first-order valence-electron chi connectivity index (χ1n) is 8.98. The number of fused-ring (bicyclic) bond motifs is 1. The minimum atomic E-state index is -0.293. The van der Waals surface area contributed by atoms with Gasteiger partial charge >= 0.3 is 6.09 Å². The Morgan fingerprint density at radius 1 is 1.28 bits per heavy atom. The Balaban J connectivity index is 1.61. The van der Waals surface area contributed by atoms with Crippen LogP contribution in [0.25, 0.3) is 0 Å². The fraction of sp³-hybridized carbons (Fsp3) is 0.611. The number of carbonyl (C=O) groups is 3. The largest absolute Gasteiger partial charge is 0.450 e. The first-order valence-corrected chi connectivity index (χ1v) is 8.98. The number of aryl methyl sites for hydroxylation is 1. The standard InChI is InChI=1S/C18H25N3O4/c1-3-25-18(24)21-9-7-12(8-10-21)19-17(23)16-11(2)15-13(20-16)5-4-6-14(15)22/h12,20H,3-10H2,1-2H3,(H,19,23). The van der Waals surface area contributed by atoms with Gasteiger partial charge in [-0.05, 0) is 45.1 Å². The third-order valence-corrected chi connectivity index (χ3v) is 5.02. The van der Waals surface area contributed by atoms with Crippen LogP contribution in [0.3, 0.4) is 0 Å². The molecule has 2 N–H and O–H groups in total. The van der Waals surface area contributed by atoms with Crippen LogP contribution in [-0.4, -0.2) is 53.4 Å². The minimum absolute atomic E-state index is 0.0219.